The minimum absolute atomic E-state index is 1.20. The van der Waals surface area contributed by atoms with Crippen molar-refractivity contribution in [3.05, 3.63) is 22.9 Å². The molecule has 0 spiro atoms. The van der Waals surface area contributed by atoms with Crippen LogP contribution in [0.5, 0.6) is 0 Å². The molecule has 1 aliphatic rings. The highest BCUT2D eigenvalue weighted by molar-refractivity contribution is 5.46. The van der Waals surface area contributed by atoms with Crippen LogP contribution in [0.15, 0.2) is 22.9 Å². The van der Waals surface area contributed by atoms with Crippen molar-refractivity contribution in [2.24, 2.45) is 0 Å². The first-order valence-electron chi connectivity index (χ1n) is 3.85. The zero-order valence-corrected chi connectivity index (χ0v) is 6.99. The summed E-state index contributed by atoms with van der Waals surface area (Å²) in [6.45, 7) is 4.42. The van der Waals surface area contributed by atoms with E-state index in [1.54, 1.807) is 5.57 Å². The van der Waals surface area contributed by atoms with Gasteiger partial charge in [0.1, 0.15) is 0 Å². The van der Waals surface area contributed by atoms with Gasteiger partial charge in [0.25, 0.3) is 0 Å². The Kier molecular flexibility index (Phi) is 2.15. The summed E-state index contributed by atoms with van der Waals surface area (Å²) in [6.07, 6.45) is 4.50. The van der Waals surface area contributed by atoms with Crippen LogP contribution in [0, 0.1) is 0 Å². The Labute approximate surface area is 62.8 Å². The van der Waals surface area contributed by atoms with E-state index in [1.165, 1.54) is 24.0 Å². The number of nitrogens with one attached hydrogen (secondary N) is 1. The lowest BCUT2D eigenvalue weighted by atomic mass is 9.83. The Bertz CT molecular complexity index is 187. The van der Waals surface area contributed by atoms with Crippen molar-refractivity contribution in [1.29, 1.82) is 0 Å². The van der Waals surface area contributed by atoms with Crippen LogP contribution in [0.1, 0.15) is 26.7 Å². The van der Waals surface area contributed by atoms with E-state index < -0.39 is 0 Å². The van der Waals surface area contributed by atoms with Crippen molar-refractivity contribution in [3.8, 4) is 0 Å². The summed E-state index contributed by atoms with van der Waals surface area (Å²) < 4.78 is 0. The van der Waals surface area contributed by atoms with Gasteiger partial charge >= 0.3 is 0 Å². The van der Waals surface area contributed by atoms with Crippen LogP contribution < -0.4 is 5.32 Å². The molecule has 10 heavy (non-hydrogen) atoms. The zero-order valence-electron chi connectivity index (χ0n) is 6.99. The number of allylic oxidation sites excluding steroid dienone is 3. The molecule has 0 aromatic rings. The van der Waals surface area contributed by atoms with Gasteiger partial charge in [-0.3, -0.25) is 0 Å². The lowest BCUT2D eigenvalue weighted by molar-refractivity contribution is 0.874. The fourth-order valence-electron chi connectivity index (χ4n) is 1.34. The summed E-state index contributed by atoms with van der Waals surface area (Å²) in [5, 5.41) is 3.05. The van der Waals surface area contributed by atoms with Gasteiger partial charge in [-0.2, -0.15) is 0 Å². The van der Waals surface area contributed by atoms with Gasteiger partial charge < -0.3 is 5.32 Å². The summed E-state index contributed by atoms with van der Waals surface area (Å²) >= 11 is 0. The van der Waals surface area contributed by atoms with E-state index in [-0.39, 0.29) is 0 Å². The second-order valence-corrected chi connectivity index (χ2v) is 2.72. The van der Waals surface area contributed by atoms with Crippen LogP contribution in [0.4, 0.5) is 0 Å². The topological polar surface area (TPSA) is 12.0 Å². The Morgan fingerprint density at radius 2 is 2.30 bits per heavy atom. The molecule has 56 valence electrons. The molecule has 0 saturated carbocycles. The van der Waals surface area contributed by atoms with Gasteiger partial charge in [0.2, 0.25) is 0 Å². The molecule has 0 heterocycles. The summed E-state index contributed by atoms with van der Waals surface area (Å²) in [4.78, 5) is 0. The Morgan fingerprint density at radius 1 is 1.60 bits per heavy atom. The molecule has 0 unspecified atom stereocenters. The first-order valence-corrected chi connectivity index (χ1v) is 3.85. The molecule has 0 fully saturated rings. The van der Waals surface area contributed by atoms with E-state index in [0.717, 1.165) is 0 Å². The highest BCUT2D eigenvalue weighted by atomic mass is 14.8. The monoisotopic (exact) mass is 137 g/mol. The first kappa shape index (κ1) is 7.39. The predicted molar refractivity (Wildman–Crippen MR) is 44.8 cm³/mol. The van der Waals surface area contributed by atoms with E-state index in [1.807, 2.05) is 7.05 Å². The van der Waals surface area contributed by atoms with Crippen molar-refractivity contribution in [2.75, 3.05) is 7.05 Å². The third kappa shape index (κ3) is 1.08. The lowest BCUT2D eigenvalue weighted by Gasteiger charge is -2.23. The first-order chi connectivity index (χ1) is 4.79. The van der Waals surface area contributed by atoms with Gasteiger partial charge in [-0.15, -0.1) is 0 Å². The number of hydrogen-bond acceptors (Lipinski definition) is 1. The Balaban J connectivity index is 2.63. The van der Waals surface area contributed by atoms with Crippen LogP contribution in [0.25, 0.3) is 0 Å². The highest BCUT2D eigenvalue weighted by Crippen LogP contribution is 2.34. The van der Waals surface area contributed by atoms with Crippen molar-refractivity contribution in [3.63, 3.8) is 0 Å². The maximum Gasteiger partial charge on any atom is 0.00278 e. The van der Waals surface area contributed by atoms with Gasteiger partial charge in [-0.05, 0) is 37.1 Å². The molecule has 0 aromatic heterocycles. The van der Waals surface area contributed by atoms with Crippen molar-refractivity contribution >= 4 is 0 Å². The molecule has 1 aliphatic carbocycles. The largest absolute Gasteiger partial charge is 0.394 e. The summed E-state index contributed by atoms with van der Waals surface area (Å²) in [5.41, 5.74) is 4.58. The molecule has 0 aromatic carbocycles. The minimum atomic E-state index is 1.20. The molecule has 0 aliphatic heterocycles. The molecular formula is C9H15N. The third-order valence-electron chi connectivity index (χ3n) is 2.16. The average Bonchev–Trinajstić information content (AvgIpc) is 1.96. The maximum atomic E-state index is 3.05. The van der Waals surface area contributed by atoms with Gasteiger partial charge in [-0.25, -0.2) is 0 Å². The fourth-order valence-corrected chi connectivity index (χ4v) is 1.34. The molecule has 0 atom stereocenters. The van der Waals surface area contributed by atoms with Crippen molar-refractivity contribution in [1.82, 2.24) is 5.32 Å². The summed E-state index contributed by atoms with van der Waals surface area (Å²) in [5.74, 6) is 0. The van der Waals surface area contributed by atoms with Crippen LogP contribution >= 0.6 is 0 Å². The van der Waals surface area contributed by atoms with Crippen molar-refractivity contribution in [2.45, 2.75) is 26.7 Å². The maximum absolute atomic E-state index is 3.05. The molecule has 1 heteroatoms. The van der Waals surface area contributed by atoms with Gasteiger partial charge in [0, 0.05) is 7.05 Å². The minimum Gasteiger partial charge on any atom is -0.394 e. The molecule has 0 saturated heterocycles. The van der Waals surface area contributed by atoms with E-state index in [9.17, 15) is 0 Å². The fraction of sp³-hybridized carbons (Fsp3) is 0.556. The van der Waals surface area contributed by atoms with Crippen LogP contribution in [0.3, 0.4) is 0 Å². The quantitative estimate of drug-likeness (QED) is 0.615. The summed E-state index contributed by atoms with van der Waals surface area (Å²) in [7, 11) is 1.95. The second-order valence-electron chi connectivity index (χ2n) is 2.72. The number of hydrogen-bond donors (Lipinski definition) is 1. The van der Waals surface area contributed by atoms with E-state index in [0.29, 0.717) is 0 Å². The van der Waals surface area contributed by atoms with E-state index in [2.05, 4.69) is 25.4 Å². The molecule has 0 bridgehead atoms. The van der Waals surface area contributed by atoms with Gasteiger partial charge in [0.15, 0.2) is 0 Å². The highest BCUT2D eigenvalue weighted by Gasteiger charge is 2.16. The van der Waals surface area contributed by atoms with Crippen LogP contribution in [-0.2, 0) is 0 Å². The van der Waals surface area contributed by atoms with Crippen LogP contribution in [-0.4, -0.2) is 7.05 Å². The van der Waals surface area contributed by atoms with Gasteiger partial charge in [-0.1, -0.05) is 12.5 Å². The molecule has 1 nitrogen and oxygen atoms in total. The molecule has 1 N–H and O–H groups in total. The SMILES string of the molecule is CCC1=C(C)/C(=C\NC)C1. The van der Waals surface area contributed by atoms with E-state index in [4.69, 9.17) is 0 Å². The Morgan fingerprint density at radius 3 is 2.70 bits per heavy atom. The van der Waals surface area contributed by atoms with Crippen LogP contribution in [0.2, 0.25) is 0 Å². The normalized spacial score (nSPS) is 21.3. The molecule has 1 rings (SSSR count). The molecule has 0 amide bonds. The predicted octanol–water partition coefficient (Wildman–Crippen LogP) is 2.22. The van der Waals surface area contributed by atoms with E-state index >= 15 is 0 Å². The van der Waals surface area contributed by atoms with Crippen molar-refractivity contribution < 1.29 is 0 Å². The molecule has 0 radical (unpaired) electrons. The number of rotatable bonds is 2. The Hall–Kier alpha value is -0.720. The van der Waals surface area contributed by atoms with Gasteiger partial charge in [0.05, 0.1) is 0 Å². The zero-order chi connectivity index (χ0) is 7.56. The lowest BCUT2D eigenvalue weighted by Crippen LogP contribution is -2.08. The third-order valence-corrected chi connectivity index (χ3v) is 2.16. The second kappa shape index (κ2) is 2.91. The molecular weight excluding hydrogens is 122 g/mol. The average molecular weight is 137 g/mol. The smallest absolute Gasteiger partial charge is 0.00278 e. The standard InChI is InChI=1S/C9H15N/c1-4-8-5-9(6-10-3)7(8)2/h6,10H,4-5H2,1-3H3/b9-6-. The summed E-state index contributed by atoms with van der Waals surface area (Å²) in [6, 6.07) is 0.